The topological polar surface area (TPSA) is 73.9 Å². The Balaban J connectivity index is 1.95. The van der Waals surface area contributed by atoms with Crippen LogP contribution in [0.2, 0.25) is 5.02 Å². The highest BCUT2D eigenvalue weighted by Gasteiger charge is 2.17. The van der Waals surface area contributed by atoms with Crippen LogP contribution in [0, 0.1) is 0 Å². The van der Waals surface area contributed by atoms with E-state index in [1.54, 1.807) is 0 Å². The van der Waals surface area contributed by atoms with Gasteiger partial charge in [-0.25, -0.2) is 4.79 Å². The van der Waals surface area contributed by atoms with Gasteiger partial charge >= 0.3 is 5.97 Å². The molecule has 1 N–H and O–H groups in total. The summed E-state index contributed by atoms with van der Waals surface area (Å²) in [7, 11) is 2.88. The predicted molar refractivity (Wildman–Crippen MR) is 109 cm³/mol. The van der Waals surface area contributed by atoms with Gasteiger partial charge in [-0.05, 0) is 42.2 Å². The number of nitrogens with one attached hydrogen (secondary N) is 1. The third-order valence-electron chi connectivity index (χ3n) is 4.38. The van der Waals surface area contributed by atoms with Crippen LogP contribution in [0.1, 0.15) is 42.1 Å². The van der Waals surface area contributed by atoms with Gasteiger partial charge in [0, 0.05) is 5.69 Å². The molecule has 0 aliphatic heterocycles. The summed E-state index contributed by atoms with van der Waals surface area (Å²) in [5, 5.41) is 2.91. The second kappa shape index (κ2) is 9.99. The van der Waals surface area contributed by atoms with Crippen molar-refractivity contribution >= 4 is 29.2 Å². The van der Waals surface area contributed by atoms with Crippen molar-refractivity contribution < 1.29 is 23.8 Å². The number of carbonyl (C=O) groups excluding carboxylic acids is 2. The lowest BCUT2D eigenvalue weighted by Crippen LogP contribution is -2.21. The Morgan fingerprint density at radius 2 is 1.79 bits per heavy atom. The van der Waals surface area contributed by atoms with Crippen LogP contribution >= 0.6 is 11.6 Å². The number of methoxy groups -OCH3 is 2. The lowest BCUT2D eigenvalue weighted by atomic mass is 9.99. The number of halogens is 1. The SMILES string of the molecule is CC[C@H](C)c1ccc(NC(=O)COC(=O)c2cc(Cl)c(OC)c(OC)c2)cc1. The Morgan fingerprint density at radius 1 is 1.11 bits per heavy atom. The molecule has 28 heavy (non-hydrogen) atoms. The molecule has 0 aromatic heterocycles. The third kappa shape index (κ3) is 5.39. The molecule has 150 valence electrons. The molecular weight excluding hydrogens is 382 g/mol. The highest BCUT2D eigenvalue weighted by molar-refractivity contribution is 6.32. The molecule has 0 fully saturated rings. The number of anilines is 1. The van der Waals surface area contributed by atoms with E-state index in [1.807, 2.05) is 24.3 Å². The number of ether oxygens (including phenoxy) is 3. The van der Waals surface area contributed by atoms with Crippen molar-refractivity contribution in [3.63, 3.8) is 0 Å². The van der Waals surface area contributed by atoms with Gasteiger partial charge in [-0.2, -0.15) is 0 Å². The normalized spacial score (nSPS) is 11.5. The molecule has 0 aliphatic rings. The molecular formula is C21H24ClNO5. The molecule has 0 heterocycles. The Hall–Kier alpha value is -2.73. The van der Waals surface area contributed by atoms with Crippen molar-refractivity contribution in [3.8, 4) is 11.5 Å². The number of benzene rings is 2. The third-order valence-corrected chi connectivity index (χ3v) is 4.66. The van der Waals surface area contributed by atoms with Crippen molar-refractivity contribution in [2.75, 3.05) is 26.1 Å². The zero-order valence-corrected chi connectivity index (χ0v) is 17.1. The van der Waals surface area contributed by atoms with E-state index in [4.69, 9.17) is 25.8 Å². The second-order valence-corrected chi connectivity index (χ2v) is 6.66. The minimum Gasteiger partial charge on any atom is -0.493 e. The van der Waals surface area contributed by atoms with Crippen molar-refractivity contribution in [1.29, 1.82) is 0 Å². The second-order valence-electron chi connectivity index (χ2n) is 6.25. The maximum Gasteiger partial charge on any atom is 0.338 e. The zero-order chi connectivity index (χ0) is 20.7. The smallest absolute Gasteiger partial charge is 0.338 e. The van der Waals surface area contributed by atoms with Gasteiger partial charge in [-0.15, -0.1) is 0 Å². The highest BCUT2D eigenvalue weighted by atomic mass is 35.5. The number of carbonyl (C=O) groups is 2. The summed E-state index contributed by atoms with van der Waals surface area (Å²) >= 11 is 6.08. The standard InChI is InChI=1S/C21H24ClNO5/c1-5-13(2)14-6-8-16(9-7-14)23-19(24)12-28-21(25)15-10-17(22)20(27-4)18(11-15)26-3/h6-11,13H,5,12H2,1-4H3,(H,23,24)/t13-/m0/s1. The summed E-state index contributed by atoms with van der Waals surface area (Å²) < 4.78 is 15.3. The molecule has 2 aromatic rings. The van der Waals surface area contributed by atoms with Crippen LogP contribution in [0.25, 0.3) is 0 Å². The maximum atomic E-state index is 12.2. The first-order valence-electron chi connectivity index (χ1n) is 8.88. The van der Waals surface area contributed by atoms with Gasteiger partial charge in [0.1, 0.15) is 0 Å². The fourth-order valence-corrected chi connectivity index (χ4v) is 2.87. The van der Waals surface area contributed by atoms with E-state index < -0.39 is 18.5 Å². The Kier molecular flexibility index (Phi) is 7.70. The Labute approximate surface area is 169 Å². The van der Waals surface area contributed by atoms with Gasteiger partial charge < -0.3 is 19.5 Å². The molecule has 2 aromatic carbocycles. The van der Waals surface area contributed by atoms with Crippen molar-refractivity contribution in [2.24, 2.45) is 0 Å². The number of rotatable bonds is 8. The van der Waals surface area contributed by atoms with Crippen molar-refractivity contribution in [2.45, 2.75) is 26.2 Å². The fourth-order valence-electron chi connectivity index (χ4n) is 2.58. The van der Waals surface area contributed by atoms with E-state index in [0.717, 1.165) is 6.42 Å². The van der Waals surface area contributed by atoms with Crippen LogP contribution in [-0.4, -0.2) is 32.7 Å². The Morgan fingerprint density at radius 3 is 2.36 bits per heavy atom. The first kappa shape index (κ1) is 21.6. The number of hydrogen-bond donors (Lipinski definition) is 1. The number of esters is 1. The summed E-state index contributed by atoms with van der Waals surface area (Å²) in [6, 6.07) is 10.4. The fraction of sp³-hybridized carbons (Fsp3) is 0.333. The van der Waals surface area contributed by atoms with Crippen molar-refractivity contribution in [3.05, 3.63) is 52.5 Å². The van der Waals surface area contributed by atoms with Crippen LogP contribution < -0.4 is 14.8 Å². The van der Waals surface area contributed by atoms with E-state index in [-0.39, 0.29) is 10.6 Å². The summed E-state index contributed by atoms with van der Waals surface area (Å²) in [5.41, 5.74) is 2.01. The maximum absolute atomic E-state index is 12.2. The molecule has 0 saturated carbocycles. The van der Waals surface area contributed by atoms with Crippen molar-refractivity contribution in [1.82, 2.24) is 0 Å². The van der Waals surface area contributed by atoms with E-state index in [2.05, 4.69) is 19.2 Å². The highest BCUT2D eigenvalue weighted by Crippen LogP contribution is 2.36. The minimum absolute atomic E-state index is 0.161. The van der Waals surface area contributed by atoms with Gasteiger partial charge in [0.2, 0.25) is 0 Å². The first-order chi connectivity index (χ1) is 13.4. The predicted octanol–water partition coefficient (Wildman–Crippen LogP) is 4.67. The molecule has 0 saturated heterocycles. The first-order valence-corrected chi connectivity index (χ1v) is 9.25. The van der Waals surface area contributed by atoms with Crippen LogP contribution in [0.15, 0.2) is 36.4 Å². The largest absolute Gasteiger partial charge is 0.493 e. The van der Waals surface area contributed by atoms with E-state index in [1.165, 1.54) is 31.9 Å². The number of amides is 1. The molecule has 1 amide bonds. The molecule has 2 rings (SSSR count). The van der Waals surface area contributed by atoms with Crippen LogP contribution in [-0.2, 0) is 9.53 Å². The number of hydrogen-bond acceptors (Lipinski definition) is 5. The molecule has 1 atom stereocenters. The summed E-state index contributed by atoms with van der Waals surface area (Å²) in [5.74, 6) is -0.0487. The quantitative estimate of drug-likeness (QED) is 0.646. The molecule has 6 nitrogen and oxygen atoms in total. The van der Waals surface area contributed by atoms with E-state index >= 15 is 0 Å². The van der Waals surface area contributed by atoms with Crippen LogP contribution in [0.5, 0.6) is 11.5 Å². The molecule has 0 bridgehead atoms. The monoisotopic (exact) mass is 405 g/mol. The van der Waals surface area contributed by atoms with Gasteiger partial charge in [-0.1, -0.05) is 37.6 Å². The minimum atomic E-state index is -0.690. The summed E-state index contributed by atoms with van der Waals surface area (Å²) in [6.07, 6.45) is 1.04. The molecule has 7 heteroatoms. The van der Waals surface area contributed by atoms with Gasteiger partial charge in [0.05, 0.1) is 24.8 Å². The van der Waals surface area contributed by atoms with Crippen LogP contribution in [0.4, 0.5) is 5.69 Å². The zero-order valence-electron chi connectivity index (χ0n) is 16.4. The summed E-state index contributed by atoms with van der Waals surface area (Å²) in [6.45, 7) is 3.85. The lowest BCUT2D eigenvalue weighted by Gasteiger charge is -2.12. The average molecular weight is 406 g/mol. The van der Waals surface area contributed by atoms with Gasteiger partial charge in [-0.3, -0.25) is 4.79 Å². The Bertz CT molecular complexity index is 835. The van der Waals surface area contributed by atoms with E-state index in [0.29, 0.717) is 23.1 Å². The molecule has 0 radical (unpaired) electrons. The molecule has 0 unspecified atom stereocenters. The summed E-state index contributed by atoms with van der Waals surface area (Å²) in [4.78, 5) is 24.3. The van der Waals surface area contributed by atoms with Gasteiger partial charge in [0.25, 0.3) is 5.91 Å². The molecule has 0 spiro atoms. The molecule has 0 aliphatic carbocycles. The van der Waals surface area contributed by atoms with Crippen LogP contribution in [0.3, 0.4) is 0 Å². The average Bonchev–Trinajstić information content (AvgIpc) is 2.71. The van der Waals surface area contributed by atoms with Gasteiger partial charge in [0.15, 0.2) is 18.1 Å². The van der Waals surface area contributed by atoms with E-state index in [9.17, 15) is 9.59 Å². The lowest BCUT2D eigenvalue weighted by molar-refractivity contribution is -0.119.